The van der Waals surface area contributed by atoms with Gasteiger partial charge in [-0.3, -0.25) is 8.78 Å². The van der Waals surface area contributed by atoms with Gasteiger partial charge in [-0.1, -0.05) is 11.6 Å². The summed E-state index contributed by atoms with van der Waals surface area (Å²) in [5, 5.41) is 13.8. The highest BCUT2D eigenvalue weighted by atomic mass is 35.5. The predicted molar refractivity (Wildman–Crippen MR) is 77.2 cm³/mol. The number of aliphatic hydroxyl groups is 1. The lowest BCUT2D eigenvalue weighted by molar-refractivity contribution is -0.00706. The second-order valence-corrected chi connectivity index (χ2v) is 5.47. The first-order chi connectivity index (χ1) is 10.6. The molecule has 0 radical (unpaired) electrons. The molecule has 0 saturated heterocycles. The summed E-state index contributed by atoms with van der Waals surface area (Å²) < 4.78 is 33.5. The van der Waals surface area contributed by atoms with Crippen molar-refractivity contribution in [1.29, 1.82) is 0 Å². The van der Waals surface area contributed by atoms with Crippen LogP contribution in [0.15, 0.2) is 36.9 Å². The van der Waals surface area contributed by atoms with Crippen LogP contribution in [0.2, 0.25) is 5.02 Å². The van der Waals surface area contributed by atoms with Crippen molar-refractivity contribution in [3.63, 3.8) is 0 Å². The Labute approximate surface area is 131 Å². The average molecular weight is 332 g/mol. The van der Waals surface area contributed by atoms with Gasteiger partial charge in [0.15, 0.2) is 6.23 Å². The third-order valence-electron chi connectivity index (χ3n) is 3.33. The van der Waals surface area contributed by atoms with Gasteiger partial charge in [-0.05, 0) is 24.3 Å². The predicted octanol–water partition coefficient (Wildman–Crippen LogP) is 2.82. The molecule has 0 spiro atoms. The third kappa shape index (κ3) is 3.92. The maximum absolute atomic E-state index is 13.2. The minimum atomic E-state index is -1.52. The minimum Gasteiger partial charge on any atom is -0.469 e. The van der Waals surface area contributed by atoms with Crippen molar-refractivity contribution in [3.05, 3.63) is 41.9 Å². The van der Waals surface area contributed by atoms with Gasteiger partial charge in [-0.25, -0.2) is 9.67 Å². The Balaban J connectivity index is 2.22. The number of halogens is 3. The molecule has 1 aromatic heterocycles. The van der Waals surface area contributed by atoms with Crippen LogP contribution < -0.4 is 4.74 Å². The second-order valence-electron chi connectivity index (χ2n) is 5.03. The fourth-order valence-corrected chi connectivity index (χ4v) is 2.02. The van der Waals surface area contributed by atoms with E-state index in [0.29, 0.717) is 10.8 Å². The second kappa shape index (κ2) is 7.51. The van der Waals surface area contributed by atoms with Crippen LogP contribution in [0.4, 0.5) is 8.78 Å². The van der Waals surface area contributed by atoms with Gasteiger partial charge in [0.05, 0.1) is 25.4 Å². The van der Waals surface area contributed by atoms with Gasteiger partial charge in [-0.2, -0.15) is 5.10 Å². The standard InChI is InChI=1S/C14H16ClF2N3O2/c15-11-1-3-12(4-2-11)22-13(20-10-18-9-19-20)5-14(6-16,7-17)8-21/h1-4,9-10,13,21H,5-8H2. The number of aliphatic hydroxyl groups excluding tert-OH is 1. The Bertz CT molecular complexity index is 554. The zero-order chi connectivity index (χ0) is 16.0. The number of nitrogens with zero attached hydrogens (tertiary/aromatic N) is 3. The molecular weight excluding hydrogens is 316 g/mol. The number of hydrogen-bond acceptors (Lipinski definition) is 4. The molecule has 120 valence electrons. The summed E-state index contributed by atoms with van der Waals surface area (Å²) in [7, 11) is 0. The van der Waals surface area contributed by atoms with Gasteiger partial charge in [-0.15, -0.1) is 0 Å². The molecule has 1 heterocycles. The Hall–Kier alpha value is -1.73. The molecule has 0 bridgehead atoms. The van der Waals surface area contributed by atoms with Gasteiger partial charge in [0.2, 0.25) is 0 Å². The largest absolute Gasteiger partial charge is 0.469 e. The average Bonchev–Trinajstić information content (AvgIpc) is 3.08. The van der Waals surface area contributed by atoms with Gasteiger partial charge in [0, 0.05) is 11.4 Å². The first-order valence-corrected chi connectivity index (χ1v) is 6.99. The molecule has 0 aliphatic carbocycles. The van der Waals surface area contributed by atoms with E-state index in [-0.39, 0.29) is 6.42 Å². The molecule has 5 nitrogen and oxygen atoms in total. The number of rotatable bonds is 8. The highest BCUT2D eigenvalue weighted by molar-refractivity contribution is 6.30. The van der Waals surface area contributed by atoms with Crippen molar-refractivity contribution in [2.75, 3.05) is 20.0 Å². The highest BCUT2D eigenvalue weighted by Gasteiger charge is 2.35. The van der Waals surface area contributed by atoms with E-state index in [0.717, 1.165) is 0 Å². The molecular formula is C14H16ClF2N3O2. The van der Waals surface area contributed by atoms with Crippen molar-refractivity contribution < 1.29 is 18.6 Å². The van der Waals surface area contributed by atoms with Crippen molar-refractivity contribution in [3.8, 4) is 5.75 Å². The molecule has 2 rings (SSSR count). The van der Waals surface area contributed by atoms with Crippen LogP contribution in [0.3, 0.4) is 0 Å². The molecule has 0 aliphatic heterocycles. The van der Waals surface area contributed by atoms with Crippen LogP contribution in [-0.4, -0.2) is 39.8 Å². The lowest BCUT2D eigenvalue weighted by Gasteiger charge is -2.30. The Morgan fingerprint density at radius 1 is 1.27 bits per heavy atom. The summed E-state index contributed by atoms with van der Waals surface area (Å²) >= 11 is 5.81. The molecule has 0 amide bonds. The summed E-state index contributed by atoms with van der Waals surface area (Å²) in [4.78, 5) is 3.81. The zero-order valence-electron chi connectivity index (χ0n) is 11.7. The molecule has 1 atom stereocenters. The number of hydrogen-bond donors (Lipinski definition) is 1. The van der Waals surface area contributed by atoms with E-state index in [9.17, 15) is 13.9 Å². The van der Waals surface area contributed by atoms with Crippen LogP contribution in [0, 0.1) is 5.41 Å². The third-order valence-corrected chi connectivity index (χ3v) is 3.58. The Morgan fingerprint density at radius 3 is 2.45 bits per heavy atom. The smallest absolute Gasteiger partial charge is 0.194 e. The molecule has 22 heavy (non-hydrogen) atoms. The molecule has 0 fully saturated rings. The topological polar surface area (TPSA) is 60.2 Å². The van der Waals surface area contributed by atoms with Crippen LogP contribution in [0.5, 0.6) is 5.75 Å². The van der Waals surface area contributed by atoms with Crippen LogP contribution in [0.25, 0.3) is 0 Å². The van der Waals surface area contributed by atoms with Crippen LogP contribution >= 0.6 is 11.6 Å². The van der Waals surface area contributed by atoms with Crippen LogP contribution in [0.1, 0.15) is 12.6 Å². The highest BCUT2D eigenvalue weighted by Crippen LogP contribution is 2.32. The fourth-order valence-electron chi connectivity index (χ4n) is 1.89. The molecule has 0 aliphatic rings. The summed E-state index contributed by atoms with van der Waals surface area (Å²) in [6, 6.07) is 6.55. The van der Waals surface area contributed by atoms with E-state index in [1.807, 2.05) is 0 Å². The van der Waals surface area contributed by atoms with E-state index in [2.05, 4.69) is 10.1 Å². The summed E-state index contributed by atoms with van der Waals surface area (Å²) in [5.41, 5.74) is -1.52. The number of aromatic nitrogens is 3. The number of ether oxygens (including phenoxy) is 1. The number of alkyl halides is 2. The van der Waals surface area contributed by atoms with Gasteiger partial charge in [0.25, 0.3) is 0 Å². The first kappa shape index (κ1) is 16.6. The summed E-state index contributed by atoms with van der Waals surface area (Å²) in [6.07, 6.45) is 1.79. The summed E-state index contributed by atoms with van der Waals surface area (Å²) in [6.45, 7) is -2.64. The quantitative estimate of drug-likeness (QED) is 0.808. The number of benzene rings is 1. The molecule has 2 aromatic rings. The van der Waals surface area contributed by atoms with Gasteiger partial charge >= 0.3 is 0 Å². The SMILES string of the molecule is OCC(CF)(CF)CC(Oc1ccc(Cl)cc1)n1cncn1. The maximum Gasteiger partial charge on any atom is 0.194 e. The van der Waals surface area contributed by atoms with Crippen LogP contribution in [-0.2, 0) is 0 Å². The van der Waals surface area contributed by atoms with Crippen molar-refractivity contribution in [2.45, 2.75) is 12.6 Å². The van der Waals surface area contributed by atoms with Gasteiger partial charge < -0.3 is 9.84 Å². The van der Waals surface area contributed by atoms with E-state index in [1.54, 1.807) is 24.3 Å². The lowest BCUT2D eigenvalue weighted by atomic mass is 9.87. The Kier molecular flexibility index (Phi) is 5.68. The molecule has 1 N–H and O–H groups in total. The van der Waals surface area contributed by atoms with Crippen molar-refractivity contribution in [2.24, 2.45) is 5.41 Å². The molecule has 1 aromatic carbocycles. The van der Waals surface area contributed by atoms with E-state index >= 15 is 0 Å². The van der Waals surface area contributed by atoms with Crippen molar-refractivity contribution in [1.82, 2.24) is 14.8 Å². The Morgan fingerprint density at radius 2 is 1.95 bits per heavy atom. The van der Waals surface area contributed by atoms with E-state index in [1.165, 1.54) is 17.3 Å². The molecule has 0 saturated carbocycles. The molecule has 8 heteroatoms. The summed E-state index contributed by atoms with van der Waals surface area (Å²) in [5.74, 6) is 0.467. The van der Waals surface area contributed by atoms with Gasteiger partial charge in [0.1, 0.15) is 18.4 Å². The van der Waals surface area contributed by atoms with Crippen molar-refractivity contribution >= 4 is 11.6 Å². The van der Waals surface area contributed by atoms with E-state index in [4.69, 9.17) is 16.3 Å². The lowest BCUT2D eigenvalue weighted by Crippen LogP contribution is -2.35. The normalized spacial score (nSPS) is 13.1. The fraction of sp³-hybridized carbons (Fsp3) is 0.429. The van der Waals surface area contributed by atoms with E-state index < -0.39 is 31.6 Å². The molecule has 1 unspecified atom stereocenters. The zero-order valence-corrected chi connectivity index (χ0v) is 12.5. The monoisotopic (exact) mass is 331 g/mol. The maximum atomic E-state index is 13.2. The minimum absolute atomic E-state index is 0.0948. The first-order valence-electron chi connectivity index (χ1n) is 6.61.